The number of carbonyl (C=O) groups excluding carboxylic acids is 2. The standard InChI is InChI=1S/C14H20N2O4/c1-4-20-12-6-5-11(9-13(12)19-3)14(18)16-8-7-15-10(2)17/h5-6,9H,4,7-8H2,1-3H3,(H,15,17)(H,16,18). The van der Waals surface area contributed by atoms with Crippen LogP contribution in [0.15, 0.2) is 18.2 Å². The van der Waals surface area contributed by atoms with Crippen molar-refractivity contribution in [3.8, 4) is 11.5 Å². The third kappa shape index (κ3) is 4.79. The first kappa shape index (κ1) is 15.8. The first-order valence-electron chi connectivity index (χ1n) is 6.42. The molecule has 0 aliphatic carbocycles. The van der Waals surface area contributed by atoms with Gasteiger partial charge in [-0.25, -0.2) is 0 Å². The van der Waals surface area contributed by atoms with Gasteiger partial charge < -0.3 is 20.1 Å². The monoisotopic (exact) mass is 280 g/mol. The van der Waals surface area contributed by atoms with Crippen LogP contribution >= 0.6 is 0 Å². The molecular formula is C14H20N2O4. The molecule has 0 aliphatic rings. The van der Waals surface area contributed by atoms with Gasteiger partial charge in [0.1, 0.15) is 0 Å². The van der Waals surface area contributed by atoms with Gasteiger partial charge in [0.05, 0.1) is 13.7 Å². The molecule has 2 amide bonds. The van der Waals surface area contributed by atoms with Crippen molar-refractivity contribution >= 4 is 11.8 Å². The molecule has 1 rings (SSSR count). The van der Waals surface area contributed by atoms with Gasteiger partial charge in [-0.05, 0) is 25.1 Å². The molecule has 0 aliphatic heterocycles. The van der Waals surface area contributed by atoms with Crippen LogP contribution in [0.2, 0.25) is 0 Å². The number of nitrogens with one attached hydrogen (secondary N) is 2. The third-order valence-electron chi connectivity index (χ3n) is 2.51. The molecule has 0 bridgehead atoms. The topological polar surface area (TPSA) is 76.7 Å². The molecule has 6 nitrogen and oxygen atoms in total. The summed E-state index contributed by atoms with van der Waals surface area (Å²) in [6.07, 6.45) is 0. The quantitative estimate of drug-likeness (QED) is 0.729. The van der Waals surface area contributed by atoms with Crippen LogP contribution in [-0.4, -0.2) is 38.6 Å². The van der Waals surface area contributed by atoms with Gasteiger partial charge in [-0.15, -0.1) is 0 Å². The van der Waals surface area contributed by atoms with Crippen LogP contribution in [0.1, 0.15) is 24.2 Å². The maximum Gasteiger partial charge on any atom is 0.251 e. The number of ether oxygens (including phenoxy) is 2. The normalized spacial score (nSPS) is 9.75. The Morgan fingerprint density at radius 3 is 2.45 bits per heavy atom. The number of hydrogen-bond donors (Lipinski definition) is 2. The van der Waals surface area contributed by atoms with Crippen molar-refractivity contribution in [1.82, 2.24) is 10.6 Å². The minimum Gasteiger partial charge on any atom is -0.493 e. The Morgan fingerprint density at radius 2 is 1.85 bits per heavy atom. The molecule has 0 saturated heterocycles. The van der Waals surface area contributed by atoms with Crippen LogP contribution in [0.5, 0.6) is 11.5 Å². The van der Waals surface area contributed by atoms with Gasteiger partial charge >= 0.3 is 0 Å². The smallest absolute Gasteiger partial charge is 0.251 e. The van der Waals surface area contributed by atoms with E-state index in [1.165, 1.54) is 14.0 Å². The summed E-state index contributed by atoms with van der Waals surface area (Å²) in [4.78, 5) is 22.6. The van der Waals surface area contributed by atoms with Crippen molar-refractivity contribution in [2.75, 3.05) is 26.8 Å². The van der Waals surface area contributed by atoms with Crippen LogP contribution in [0.3, 0.4) is 0 Å². The Kier molecular flexibility index (Phi) is 6.36. The molecule has 0 heterocycles. The second kappa shape index (κ2) is 8.04. The molecule has 1 aromatic rings. The van der Waals surface area contributed by atoms with Crippen LogP contribution in [-0.2, 0) is 4.79 Å². The van der Waals surface area contributed by atoms with Gasteiger partial charge in [-0.3, -0.25) is 9.59 Å². The molecule has 0 atom stereocenters. The number of carbonyl (C=O) groups is 2. The number of benzene rings is 1. The number of hydrogen-bond acceptors (Lipinski definition) is 4. The van der Waals surface area contributed by atoms with Crippen LogP contribution in [0, 0.1) is 0 Å². The number of amides is 2. The lowest BCUT2D eigenvalue weighted by Gasteiger charge is -2.11. The van der Waals surface area contributed by atoms with E-state index in [1.807, 2.05) is 6.92 Å². The fraction of sp³-hybridized carbons (Fsp3) is 0.429. The fourth-order valence-corrected chi connectivity index (χ4v) is 1.60. The molecule has 0 fully saturated rings. The van der Waals surface area contributed by atoms with E-state index in [9.17, 15) is 9.59 Å². The highest BCUT2D eigenvalue weighted by Gasteiger charge is 2.10. The van der Waals surface area contributed by atoms with E-state index in [1.54, 1.807) is 18.2 Å². The van der Waals surface area contributed by atoms with Gasteiger partial charge in [0.2, 0.25) is 5.91 Å². The minimum absolute atomic E-state index is 0.123. The summed E-state index contributed by atoms with van der Waals surface area (Å²) in [5.74, 6) is 0.768. The zero-order valence-electron chi connectivity index (χ0n) is 12.0. The summed E-state index contributed by atoms with van der Waals surface area (Å²) in [7, 11) is 1.52. The van der Waals surface area contributed by atoms with Crippen molar-refractivity contribution in [1.29, 1.82) is 0 Å². The Hall–Kier alpha value is -2.24. The van der Waals surface area contributed by atoms with Crippen molar-refractivity contribution in [2.24, 2.45) is 0 Å². The predicted octanol–water partition coefficient (Wildman–Crippen LogP) is 0.960. The zero-order chi connectivity index (χ0) is 15.0. The maximum atomic E-state index is 11.9. The van der Waals surface area contributed by atoms with Gasteiger partial charge in [-0.2, -0.15) is 0 Å². The molecule has 0 aromatic heterocycles. The van der Waals surface area contributed by atoms with E-state index < -0.39 is 0 Å². The highest BCUT2D eigenvalue weighted by Crippen LogP contribution is 2.27. The SMILES string of the molecule is CCOc1ccc(C(=O)NCCNC(C)=O)cc1OC. The lowest BCUT2D eigenvalue weighted by atomic mass is 10.2. The van der Waals surface area contributed by atoms with Gasteiger partial charge in [-0.1, -0.05) is 0 Å². The largest absolute Gasteiger partial charge is 0.493 e. The second-order valence-electron chi connectivity index (χ2n) is 4.04. The highest BCUT2D eigenvalue weighted by atomic mass is 16.5. The Morgan fingerprint density at radius 1 is 1.15 bits per heavy atom. The van der Waals surface area contributed by atoms with Gasteiger partial charge in [0.15, 0.2) is 11.5 Å². The summed E-state index contributed by atoms with van der Waals surface area (Å²) >= 11 is 0. The third-order valence-corrected chi connectivity index (χ3v) is 2.51. The fourth-order valence-electron chi connectivity index (χ4n) is 1.60. The Bertz CT molecular complexity index is 474. The highest BCUT2D eigenvalue weighted by molar-refractivity contribution is 5.94. The van der Waals surface area contributed by atoms with E-state index in [4.69, 9.17) is 9.47 Å². The lowest BCUT2D eigenvalue weighted by molar-refractivity contribution is -0.118. The van der Waals surface area contributed by atoms with Crippen molar-refractivity contribution < 1.29 is 19.1 Å². The molecule has 1 aromatic carbocycles. The van der Waals surface area contributed by atoms with Crippen molar-refractivity contribution in [3.63, 3.8) is 0 Å². The average Bonchev–Trinajstić information content (AvgIpc) is 2.43. The first-order chi connectivity index (χ1) is 9.58. The molecule has 0 unspecified atom stereocenters. The zero-order valence-corrected chi connectivity index (χ0v) is 12.0. The van der Waals surface area contributed by atoms with E-state index >= 15 is 0 Å². The number of methoxy groups -OCH3 is 1. The summed E-state index contributed by atoms with van der Waals surface area (Å²) in [5.41, 5.74) is 0.480. The Labute approximate surface area is 118 Å². The van der Waals surface area contributed by atoms with Crippen LogP contribution in [0.25, 0.3) is 0 Å². The van der Waals surface area contributed by atoms with E-state index in [0.717, 1.165) is 0 Å². The van der Waals surface area contributed by atoms with E-state index in [0.29, 0.717) is 36.8 Å². The summed E-state index contributed by atoms with van der Waals surface area (Å²) < 4.78 is 10.6. The molecule has 0 radical (unpaired) electrons. The van der Waals surface area contributed by atoms with Gasteiger partial charge in [0.25, 0.3) is 5.91 Å². The summed E-state index contributed by atoms with van der Waals surface area (Å²) in [6.45, 7) is 4.60. The molecule has 110 valence electrons. The molecule has 0 spiro atoms. The summed E-state index contributed by atoms with van der Waals surface area (Å²) in [5, 5.41) is 5.31. The molecule has 2 N–H and O–H groups in total. The minimum atomic E-state index is -0.225. The van der Waals surface area contributed by atoms with Crippen molar-refractivity contribution in [2.45, 2.75) is 13.8 Å². The second-order valence-corrected chi connectivity index (χ2v) is 4.04. The first-order valence-corrected chi connectivity index (χ1v) is 6.42. The maximum absolute atomic E-state index is 11.9. The summed E-state index contributed by atoms with van der Waals surface area (Å²) in [6, 6.07) is 4.99. The lowest BCUT2D eigenvalue weighted by Crippen LogP contribution is -2.33. The number of rotatable bonds is 7. The van der Waals surface area contributed by atoms with Crippen molar-refractivity contribution in [3.05, 3.63) is 23.8 Å². The molecule has 6 heteroatoms. The molecular weight excluding hydrogens is 260 g/mol. The Balaban J connectivity index is 2.61. The predicted molar refractivity (Wildman–Crippen MR) is 75.2 cm³/mol. The average molecular weight is 280 g/mol. The van der Waals surface area contributed by atoms with Crippen LogP contribution < -0.4 is 20.1 Å². The molecule has 20 heavy (non-hydrogen) atoms. The van der Waals surface area contributed by atoms with E-state index in [-0.39, 0.29) is 11.8 Å². The van der Waals surface area contributed by atoms with E-state index in [2.05, 4.69) is 10.6 Å². The van der Waals surface area contributed by atoms with Crippen LogP contribution in [0.4, 0.5) is 0 Å². The molecule has 0 saturated carbocycles. The van der Waals surface area contributed by atoms with Gasteiger partial charge in [0, 0.05) is 25.6 Å².